The number of benzene rings is 2. The molecule has 0 bridgehead atoms. The summed E-state index contributed by atoms with van der Waals surface area (Å²) in [6.07, 6.45) is 0. The first kappa shape index (κ1) is 20.4. The van der Waals surface area contributed by atoms with Crippen LogP contribution in [0.1, 0.15) is 21.5 Å². The second kappa shape index (κ2) is 9.12. The Morgan fingerprint density at radius 2 is 1.96 bits per heavy atom. The Morgan fingerprint density at radius 1 is 1.22 bits per heavy atom. The maximum Gasteiger partial charge on any atom is 0.288 e. The van der Waals surface area contributed by atoms with E-state index in [1.807, 2.05) is 25.1 Å². The Balaban J connectivity index is 2.32. The molecule has 0 N–H and O–H groups in total. The van der Waals surface area contributed by atoms with Crippen molar-refractivity contribution in [1.29, 1.82) is 5.26 Å². The predicted molar refractivity (Wildman–Crippen MR) is 103 cm³/mol. The molecule has 0 saturated heterocycles. The molecule has 8 heteroatoms. The maximum absolute atomic E-state index is 13.0. The number of nitriles is 1. The zero-order valence-electron chi connectivity index (χ0n) is 15.1. The SMILES string of the molecule is CN(C)CCN(Cc1cccc(C#N)c1)C(=O)c1ccc(Cl)c([N+](=O)[O-])c1. The van der Waals surface area contributed by atoms with Gasteiger partial charge in [0.05, 0.1) is 16.6 Å². The molecule has 27 heavy (non-hydrogen) atoms. The van der Waals surface area contributed by atoms with Gasteiger partial charge in [0.15, 0.2) is 0 Å². The molecule has 0 aliphatic carbocycles. The lowest BCUT2D eigenvalue weighted by atomic mass is 10.1. The van der Waals surface area contributed by atoms with Crippen LogP contribution in [0, 0.1) is 21.4 Å². The number of amides is 1. The lowest BCUT2D eigenvalue weighted by Crippen LogP contribution is -2.36. The highest BCUT2D eigenvalue weighted by molar-refractivity contribution is 6.32. The number of likely N-dealkylation sites (N-methyl/N-ethyl adjacent to an activating group) is 1. The fourth-order valence-corrected chi connectivity index (χ4v) is 2.69. The van der Waals surface area contributed by atoms with Crippen molar-refractivity contribution in [3.8, 4) is 6.07 Å². The van der Waals surface area contributed by atoms with Gasteiger partial charge in [0.25, 0.3) is 11.6 Å². The standard InChI is InChI=1S/C19H19ClN4O3/c1-22(2)8-9-23(13-15-5-3-4-14(10-15)12-21)19(25)16-6-7-17(20)18(11-16)24(26)27/h3-7,10-11H,8-9,13H2,1-2H3. The summed E-state index contributed by atoms with van der Waals surface area (Å²) in [5.74, 6) is -0.334. The van der Waals surface area contributed by atoms with Crippen LogP contribution in [0.2, 0.25) is 5.02 Å². The van der Waals surface area contributed by atoms with Crippen LogP contribution < -0.4 is 0 Å². The van der Waals surface area contributed by atoms with Crippen LogP contribution >= 0.6 is 11.6 Å². The minimum absolute atomic E-state index is 0.0156. The van der Waals surface area contributed by atoms with Crippen LogP contribution in [0.5, 0.6) is 0 Å². The van der Waals surface area contributed by atoms with Gasteiger partial charge < -0.3 is 9.80 Å². The molecule has 0 saturated carbocycles. The van der Waals surface area contributed by atoms with Crippen molar-refractivity contribution in [3.63, 3.8) is 0 Å². The summed E-state index contributed by atoms with van der Waals surface area (Å²) in [6, 6.07) is 13.1. The number of rotatable bonds is 7. The van der Waals surface area contributed by atoms with Crippen LogP contribution in [0.15, 0.2) is 42.5 Å². The molecule has 0 aliphatic heterocycles. The minimum atomic E-state index is -0.611. The van der Waals surface area contributed by atoms with E-state index in [2.05, 4.69) is 6.07 Å². The Labute approximate surface area is 162 Å². The number of carbonyl (C=O) groups excluding carboxylic acids is 1. The maximum atomic E-state index is 13.0. The average Bonchev–Trinajstić information content (AvgIpc) is 2.64. The van der Waals surface area contributed by atoms with Gasteiger partial charge >= 0.3 is 0 Å². The molecular weight excluding hydrogens is 368 g/mol. The molecule has 0 heterocycles. The Hall–Kier alpha value is -2.95. The van der Waals surface area contributed by atoms with Gasteiger partial charge in [-0.3, -0.25) is 14.9 Å². The highest BCUT2D eigenvalue weighted by Gasteiger charge is 2.21. The van der Waals surface area contributed by atoms with Crippen molar-refractivity contribution < 1.29 is 9.72 Å². The summed E-state index contributed by atoms with van der Waals surface area (Å²) in [6.45, 7) is 1.34. The van der Waals surface area contributed by atoms with Gasteiger partial charge in [-0.15, -0.1) is 0 Å². The van der Waals surface area contributed by atoms with Crippen LogP contribution in [0.4, 0.5) is 5.69 Å². The third-order valence-corrected chi connectivity index (χ3v) is 4.24. The van der Waals surface area contributed by atoms with E-state index in [4.69, 9.17) is 16.9 Å². The van der Waals surface area contributed by atoms with E-state index in [-0.39, 0.29) is 22.2 Å². The van der Waals surface area contributed by atoms with Crippen LogP contribution in [0.3, 0.4) is 0 Å². The molecule has 2 aromatic rings. The molecule has 0 aliphatic rings. The predicted octanol–water partition coefficient (Wildman–Crippen LogP) is 3.32. The molecule has 0 atom stereocenters. The van der Waals surface area contributed by atoms with E-state index in [9.17, 15) is 14.9 Å². The molecule has 7 nitrogen and oxygen atoms in total. The first-order chi connectivity index (χ1) is 12.8. The molecular formula is C19H19ClN4O3. The molecule has 2 rings (SSSR count). The fraction of sp³-hybridized carbons (Fsp3) is 0.263. The van der Waals surface area contributed by atoms with Gasteiger partial charge in [0.1, 0.15) is 5.02 Å². The van der Waals surface area contributed by atoms with Crippen molar-refractivity contribution in [3.05, 3.63) is 74.3 Å². The number of nitrogens with zero attached hydrogens (tertiary/aromatic N) is 4. The topological polar surface area (TPSA) is 90.5 Å². The molecule has 0 radical (unpaired) electrons. The molecule has 0 spiro atoms. The van der Waals surface area contributed by atoms with E-state index in [0.717, 1.165) is 5.56 Å². The average molecular weight is 387 g/mol. The molecule has 140 valence electrons. The highest BCUT2D eigenvalue weighted by Crippen LogP contribution is 2.26. The molecule has 1 amide bonds. The van der Waals surface area contributed by atoms with Gasteiger partial charge in [-0.2, -0.15) is 5.26 Å². The molecule has 0 aromatic heterocycles. The monoisotopic (exact) mass is 386 g/mol. The second-order valence-electron chi connectivity index (χ2n) is 6.27. The summed E-state index contributed by atoms with van der Waals surface area (Å²) in [5, 5.41) is 20.1. The Bertz CT molecular complexity index is 893. The number of nitro benzene ring substituents is 1. The van der Waals surface area contributed by atoms with Gasteiger partial charge in [0, 0.05) is 31.3 Å². The van der Waals surface area contributed by atoms with Gasteiger partial charge in [0.2, 0.25) is 0 Å². The normalized spacial score (nSPS) is 10.5. The van der Waals surface area contributed by atoms with E-state index in [1.54, 1.807) is 23.1 Å². The van der Waals surface area contributed by atoms with Crippen molar-refractivity contribution >= 4 is 23.2 Å². The lowest BCUT2D eigenvalue weighted by molar-refractivity contribution is -0.384. The molecule has 2 aromatic carbocycles. The summed E-state index contributed by atoms with van der Waals surface area (Å²) < 4.78 is 0. The molecule has 0 unspecified atom stereocenters. The number of carbonyl (C=O) groups is 1. The smallest absolute Gasteiger partial charge is 0.288 e. The van der Waals surface area contributed by atoms with E-state index < -0.39 is 4.92 Å². The summed E-state index contributed by atoms with van der Waals surface area (Å²) in [4.78, 5) is 27.0. The van der Waals surface area contributed by atoms with Crippen molar-refractivity contribution in [2.75, 3.05) is 27.2 Å². The Kier molecular flexibility index (Phi) is 6.88. The number of halogens is 1. The first-order valence-electron chi connectivity index (χ1n) is 8.19. The Morgan fingerprint density at radius 3 is 2.59 bits per heavy atom. The number of hydrogen-bond donors (Lipinski definition) is 0. The van der Waals surface area contributed by atoms with Gasteiger partial charge in [-0.25, -0.2) is 0 Å². The van der Waals surface area contributed by atoms with E-state index >= 15 is 0 Å². The lowest BCUT2D eigenvalue weighted by Gasteiger charge is -2.25. The zero-order chi connectivity index (χ0) is 20.0. The highest BCUT2D eigenvalue weighted by atomic mass is 35.5. The van der Waals surface area contributed by atoms with E-state index in [1.165, 1.54) is 18.2 Å². The third kappa shape index (κ3) is 5.51. The molecule has 0 fully saturated rings. The third-order valence-electron chi connectivity index (χ3n) is 3.92. The first-order valence-corrected chi connectivity index (χ1v) is 8.56. The van der Waals surface area contributed by atoms with Crippen molar-refractivity contribution in [2.45, 2.75) is 6.54 Å². The van der Waals surface area contributed by atoms with Crippen LogP contribution in [-0.4, -0.2) is 47.8 Å². The zero-order valence-corrected chi connectivity index (χ0v) is 15.8. The van der Waals surface area contributed by atoms with Crippen molar-refractivity contribution in [1.82, 2.24) is 9.80 Å². The fourth-order valence-electron chi connectivity index (χ4n) is 2.50. The number of hydrogen-bond acceptors (Lipinski definition) is 5. The summed E-state index contributed by atoms with van der Waals surface area (Å²) in [5.41, 5.74) is 1.21. The summed E-state index contributed by atoms with van der Waals surface area (Å²) >= 11 is 5.84. The van der Waals surface area contributed by atoms with Crippen LogP contribution in [0.25, 0.3) is 0 Å². The second-order valence-corrected chi connectivity index (χ2v) is 6.67. The van der Waals surface area contributed by atoms with Crippen LogP contribution in [-0.2, 0) is 6.54 Å². The minimum Gasteiger partial charge on any atom is -0.333 e. The number of nitro groups is 1. The quantitative estimate of drug-likeness (QED) is 0.537. The van der Waals surface area contributed by atoms with Crippen molar-refractivity contribution in [2.24, 2.45) is 0 Å². The van der Waals surface area contributed by atoms with Gasteiger partial charge in [-0.05, 0) is 43.9 Å². The largest absolute Gasteiger partial charge is 0.333 e. The van der Waals surface area contributed by atoms with Gasteiger partial charge in [-0.1, -0.05) is 23.7 Å². The summed E-state index contributed by atoms with van der Waals surface area (Å²) in [7, 11) is 3.79. The van der Waals surface area contributed by atoms with E-state index in [0.29, 0.717) is 25.2 Å².